The van der Waals surface area contributed by atoms with E-state index in [1.165, 1.54) is 5.56 Å². The summed E-state index contributed by atoms with van der Waals surface area (Å²) in [7, 11) is 1.65. The van der Waals surface area contributed by atoms with Gasteiger partial charge in [0.15, 0.2) is 5.82 Å². The zero-order valence-corrected chi connectivity index (χ0v) is 25.5. The zero-order valence-electron chi connectivity index (χ0n) is 24.0. The standard InChI is InChI=1S/C34H30Cl2N6O2/c1-44-34-29-20(10-12-25(29)39-18-21-11-13-28(43)40-21)17-27(42-34)24-8-2-6-22(30(24)35)23-7-3-9-26(31(23)36)41-33-32-19(14-16-38-33)5-4-15-37-32/h2-9,14-17,21,25,39H,10-13,18H2,1H3,(H,38,41)(H,40,43). The fourth-order valence-corrected chi connectivity index (χ4v) is 6.81. The molecular formula is C34H30Cl2N6O2. The first-order valence-corrected chi connectivity index (χ1v) is 15.4. The maximum atomic E-state index is 11.6. The minimum absolute atomic E-state index is 0.112. The molecule has 1 amide bonds. The minimum atomic E-state index is 0.112. The topological polar surface area (TPSA) is 101 Å². The van der Waals surface area contributed by atoms with E-state index in [9.17, 15) is 4.79 Å². The number of aromatic nitrogens is 3. The molecule has 3 N–H and O–H groups in total. The molecule has 44 heavy (non-hydrogen) atoms. The van der Waals surface area contributed by atoms with Crippen LogP contribution in [0.5, 0.6) is 5.88 Å². The van der Waals surface area contributed by atoms with E-state index in [1.54, 1.807) is 19.5 Å². The van der Waals surface area contributed by atoms with Gasteiger partial charge in [0.2, 0.25) is 11.8 Å². The molecule has 0 spiro atoms. The van der Waals surface area contributed by atoms with Crippen molar-refractivity contribution in [3.05, 3.63) is 94.2 Å². The Labute approximate surface area is 265 Å². The number of benzene rings is 2. The van der Waals surface area contributed by atoms with Gasteiger partial charge in [-0.3, -0.25) is 9.78 Å². The summed E-state index contributed by atoms with van der Waals surface area (Å²) in [5.74, 6) is 1.33. The molecule has 1 aliphatic carbocycles. The highest BCUT2D eigenvalue weighted by Gasteiger charge is 2.30. The number of anilines is 2. The summed E-state index contributed by atoms with van der Waals surface area (Å²) in [6, 6.07) is 19.9. The van der Waals surface area contributed by atoms with E-state index in [0.717, 1.165) is 64.7 Å². The van der Waals surface area contributed by atoms with E-state index in [0.29, 0.717) is 33.9 Å². The SMILES string of the molecule is COc1nc(-c2cccc(-c3cccc(Nc4nccc5cccnc45)c3Cl)c2Cl)cc2c1C(NCC1CCC(=O)N1)CC2. The van der Waals surface area contributed by atoms with Gasteiger partial charge in [0.25, 0.3) is 0 Å². The highest BCUT2D eigenvalue weighted by Crippen LogP contribution is 2.44. The predicted octanol–water partition coefficient (Wildman–Crippen LogP) is 7.27. The normalized spacial score (nSPS) is 17.5. The van der Waals surface area contributed by atoms with Crippen LogP contribution in [0, 0.1) is 0 Å². The van der Waals surface area contributed by atoms with Crippen LogP contribution in [0.15, 0.2) is 73.1 Å². The number of carbonyl (C=O) groups is 1. The average molecular weight is 626 g/mol. The summed E-state index contributed by atoms with van der Waals surface area (Å²) in [5.41, 5.74) is 6.83. The molecule has 0 radical (unpaired) electrons. The number of pyridine rings is 3. The number of nitrogens with zero attached hydrogens (tertiary/aromatic N) is 3. The highest BCUT2D eigenvalue weighted by molar-refractivity contribution is 6.39. The molecule has 222 valence electrons. The molecule has 3 aromatic heterocycles. The van der Waals surface area contributed by atoms with Crippen LogP contribution in [0.3, 0.4) is 0 Å². The predicted molar refractivity (Wildman–Crippen MR) is 175 cm³/mol. The summed E-state index contributed by atoms with van der Waals surface area (Å²) in [6.07, 6.45) is 6.76. The number of nitrogens with one attached hydrogen (secondary N) is 3. The van der Waals surface area contributed by atoms with Crippen LogP contribution in [0.2, 0.25) is 10.0 Å². The number of aryl methyl sites for hydroxylation is 1. The third-order valence-corrected chi connectivity index (χ3v) is 9.20. The minimum Gasteiger partial charge on any atom is -0.481 e. The number of halogens is 2. The molecule has 2 unspecified atom stereocenters. The summed E-state index contributed by atoms with van der Waals surface area (Å²) >= 11 is 14.1. The molecule has 1 aliphatic heterocycles. The highest BCUT2D eigenvalue weighted by atomic mass is 35.5. The molecule has 7 rings (SSSR count). The van der Waals surface area contributed by atoms with Gasteiger partial charge in [-0.15, -0.1) is 0 Å². The van der Waals surface area contributed by atoms with Crippen molar-refractivity contribution < 1.29 is 9.53 Å². The first kappa shape index (κ1) is 28.5. The number of ether oxygens (including phenoxy) is 1. The quantitative estimate of drug-likeness (QED) is 0.167. The molecule has 5 aromatic rings. The maximum Gasteiger partial charge on any atom is 0.220 e. The van der Waals surface area contributed by atoms with Crippen LogP contribution in [-0.2, 0) is 11.2 Å². The fourth-order valence-electron chi connectivity index (χ4n) is 6.22. The molecule has 2 aromatic carbocycles. The van der Waals surface area contributed by atoms with Crippen LogP contribution < -0.4 is 20.7 Å². The second-order valence-corrected chi connectivity index (χ2v) is 11.8. The summed E-state index contributed by atoms with van der Waals surface area (Å²) in [6.45, 7) is 0.719. The van der Waals surface area contributed by atoms with Crippen LogP contribution in [0.1, 0.15) is 36.4 Å². The Morgan fingerprint density at radius 1 is 0.932 bits per heavy atom. The zero-order chi connectivity index (χ0) is 30.2. The van der Waals surface area contributed by atoms with Crippen LogP contribution in [-0.4, -0.2) is 40.6 Å². The second-order valence-electron chi connectivity index (χ2n) is 11.1. The molecule has 1 fully saturated rings. The molecule has 0 saturated carbocycles. The maximum absolute atomic E-state index is 11.6. The van der Waals surface area contributed by atoms with E-state index in [1.807, 2.05) is 54.6 Å². The van der Waals surface area contributed by atoms with Gasteiger partial charge in [0, 0.05) is 65.1 Å². The lowest BCUT2D eigenvalue weighted by atomic mass is 9.99. The molecular weight excluding hydrogens is 595 g/mol. The summed E-state index contributed by atoms with van der Waals surface area (Å²) in [5, 5.41) is 12.1. The van der Waals surface area contributed by atoms with Gasteiger partial charge in [0.1, 0.15) is 5.52 Å². The smallest absolute Gasteiger partial charge is 0.220 e. The molecule has 8 nitrogen and oxygen atoms in total. The summed E-state index contributed by atoms with van der Waals surface area (Å²) in [4.78, 5) is 25.5. The van der Waals surface area contributed by atoms with Gasteiger partial charge < -0.3 is 20.7 Å². The third kappa shape index (κ3) is 5.34. The average Bonchev–Trinajstić information content (AvgIpc) is 3.66. The first-order valence-electron chi connectivity index (χ1n) is 14.6. The van der Waals surface area contributed by atoms with Gasteiger partial charge in [-0.05, 0) is 49.1 Å². The van der Waals surface area contributed by atoms with Crippen molar-refractivity contribution in [3.8, 4) is 28.3 Å². The molecule has 10 heteroatoms. The Hall–Kier alpha value is -4.24. The second kappa shape index (κ2) is 12.0. The van der Waals surface area contributed by atoms with E-state index in [4.69, 9.17) is 32.9 Å². The molecule has 1 saturated heterocycles. The van der Waals surface area contributed by atoms with Crippen molar-refractivity contribution in [1.29, 1.82) is 0 Å². The lowest BCUT2D eigenvalue weighted by Crippen LogP contribution is -2.36. The monoisotopic (exact) mass is 624 g/mol. The van der Waals surface area contributed by atoms with Gasteiger partial charge in [-0.25, -0.2) is 9.97 Å². The molecule has 2 atom stereocenters. The first-order chi connectivity index (χ1) is 21.5. The van der Waals surface area contributed by atoms with Crippen LogP contribution in [0.25, 0.3) is 33.3 Å². The Morgan fingerprint density at radius 3 is 2.57 bits per heavy atom. The van der Waals surface area contributed by atoms with Crippen molar-refractivity contribution >= 4 is 51.5 Å². The Balaban J connectivity index is 1.19. The molecule has 2 aliphatic rings. The Kier molecular flexibility index (Phi) is 7.80. The van der Waals surface area contributed by atoms with Crippen molar-refractivity contribution in [2.24, 2.45) is 0 Å². The van der Waals surface area contributed by atoms with Gasteiger partial charge in [-0.1, -0.05) is 59.6 Å². The van der Waals surface area contributed by atoms with Crippen LogP contribution in [0.4, 0.5) is 11.5 Å². The molecule has 4 heterocycles. The van der Waals surface area contributed by atoms with Crippen LogP contribution >= 0.6 is 23.2 Å². The van der Waals surface area contributed by atoms with E-state index in [-0.39, 0.29) is 18.0 Å². The van der Waals surface area contributed by atoms with E-state index in [2.05, 4.69) is 32.0 Å². The van der Waals surface area contributed by atoms with Gasteiger partial charge in [-0.2, -0.15) is 0 Å². The number of rotatable bonds is 8. The van der Waals surface area contributed by atoms with Gasteiger partial charge in [0.05, 0.1) is 28.5 Å². The Morgan fingerprint density at radius 2 is 1.75 bits per heavy atom. The van der Waals surface area contributed by atoms with Crippen molar-refractivity contribution in [3.63, 3.8) is 0 Å². The van der Waals surface area contributed by atoms with Gasteiger partial charge >= 0.3 is 0 Å². The van der Waals surface area contributed by atoms with E-state index < -0.39 is 0 Å². The third-order valence-electron chi connectivity index (χ3n) is 8.39. The number of amides is 1. The Bertz CT molecular complexity index is 1890. The number of carbonyl (C=O) groups excluding carboxylic acids is 1. The van der Waals surface area contributed by atoms with Crippen molar-refractivity contribution in [2.45, 2.75) is 37.8 Å². The number of hydrogen-bond donors (Lipinski definition) is 3. The van der Waals surface area contributed by atoms with E-state index >= 15 is 0 Å². The number of fused-ring (bicyclic) bond motifs is 2. The van der Waals surface area contributed by atoms with Crippen molar-refractivity contribution in [2.75, 3.05) is 19.0 Å². The summed E-state index contributed by atoms with van der Waals surface area (Å²) < 4.78 is 5.81. The number of hydrogen-bond acceptors (Lipinski definition) is 7. The molecule has 0 bridgehead atoms. The van der Waals surface area contributed by atoms with Crippen molar-refractivity contribution in [1.82, 2.24) is 25.6 Å². The fraction of sp³-hybridized carbons (Fsp3) is 0.235. The lowest BCUT2D eigenvalue weighted by Gasteiger charge is -2.20. The largest absolute Gasteiger partial charge is 0.481 e. The lowest BCUT2D eigenvalue weighted by molar-refractivity contribution is -0.119. The number of methoxy groups -OCH3 is 1.